The molecule has 2 saturated heterocycles. The largest absolute Gasteiger partial charge is 0.315 e. The summed E-state index contributed by atoms with van der Waals surface area (Å²) in [6, 6.07) is 0.750. The van der Waals surface area contributed by atoms with Crippen molar-refractivity contribution in [2.24, 2.45) is 5.92 Å². The van der Waals surface area contributed by atoms with Crippen LogP contribution in [0.2, 0.25) is 0 Å². The zero-order valence-electron chi connectivity index (χ0n) is 11.7. The molecule has 0 amide bonds. The van der Waals surface area contributed by atoms with E-state index in [2.05, 4.69) is 41.2 Å². The van der Waals surface area contributed by atoms with E-state index in [-0.39, 0.29) is 0 Å². The number of rotatable bonds is 3. The van der Waals surface area contributed by atoms with Crippen molar-refractivity contribution < 1.29 is 0 Å². The predicted octanol–water partition coefficient (Wildman–Crippen LogP) is -0.226. The summed E-state index contributed by atoms with van der Waals surface area (Å²) in [6.45, 7) is 8.56. The SMILES string of the molecule is CN(C)CC1CCNCC1N1CCN(C)CC1. The molecule has 2 atom stereocenters. The molecule has 2 unspecified atom stereocenters. The molecular formula is C13H28N4. The molecule has 100 valence electrons. The van der Waals surface area contributed by atoms with Crippen LogP contribution in [0.5, 0.6) is 0 Å². The maximum atomic E-state index is 3.57. The predicted molar refractivity (Wildman–Crippen MR) is 72.4 cm³/mol. The van der Waals surface area contributed by atoms with E-state index < -0.39 is 0 Å². The maximum absolute atomic E-state index is 3.57. The van der Waals surface area contributed by atoms with Gasteiger partial charge in [0.05, 0.1) is 0 Å². The lowest BCUT2D eigenvalue weighted by atomic mass is 9.90. The van der Waals surface area contributed by atoms with E-state index in [4.69, 9.17) is 0 Å². The fraction of sp³-hybridized carbons (Fsp3) is 1.00. The van der Waals surface area contributed by atoms with Crippen molar-refractivity contribution in [2.45, 2.75) is 12.5 Å². The van der Waals surface area contributed by atoms with Gasteiger partial charge in [0.15, 0.2) is 0 Å². The lowest BCUT2D eigenvalue weighted by Crippen LogP contribution is -2.58. The second kappa shape index (κ2) is 6.14. The molecule has 1 N–H and O–H groups in total. The van der Waals surface area contributed by atoms with Crippen LogP contribution in [0.15, 0.2) is 0 Å². The van der Waals surface area contributed by atoms with E-state index in [0.717, 1.165) is 12.0 Å². The minimum absolute atomic E-state index is 0.750. The molecular weight excluding hydrogens is 212 g/mol. The first-order valence-electron chi connectivity index (χ1n) is 6.95. The third-order valence-electron chi connectivity index (χ3n) is 4.20. The normalized spacial score (nSPS) is 33.2. The summed E-state index contributed by atoms with van der Waals surface area (Å²) >= 11 is 0. The maximum Gasteiger partial charge on any atom is 0.0262 e. The summed E-state index contributed by atoms with van der Waals surface area (Å²) in [7, 11) is 6.62. The van der Waals surface area contributed by atoms with Crippen molar-refractivity contribution in [2.75, 3.05) is 67.0 Å². The molecule has 0 aliphatic carbocycles. The molecule has 0 bridgehead atoms. The molecule has 2 aliphatic heterocycles. The fourth-order valence-corrected chi connectivity index (χ4v) is 3.16. The van der Waals surface area contributed by atoms with Crippen LogP contribution in [0, 0.1) is 5.92 Å². The number of nitrogens with one attached hydrogen (secondary N) is 1. The molecule has 0 aromatic heterocycles. The van der Waals surface area contributed by atoms with Gasteiger partial charge in [0, 0.05) is 45.3 Å². The molecule has 4 heteroatoms. The van der Waals surface area contributed by atoms with Crippen molar-refractivity contribution in [1.29, 1.82) is 0 Å². The second-order valence-corrected chi connectivity index (χ2v) is 5.92. The Morgan fingerprint density at radius 1 is 1.18 bits per heavy atom. The number of nitrogens with zero attached hydrogens (tertiary/aromatic N) is 3. The zero-order chi connectivity index (χ0) is 12.3. The van der Waals surface area contributed by atoms with Crippen molar-refractivity contribution in [3.8, 4) is 0 Å². The van der Waals surface area contributed by atoms with Gasteiger partial charge in [0.1, 0.15) is 0 Å². The number of hydrogen-bond donors (Lipinski definition) is 1. The first-order valence-corrected chi connectivity index (χ1v) is 6.95. The molecule has 0 spiro atoms. The van der Waals surface area contributed by atoms with Crippen LogP contribution in [0.3, 0.4) is 0 Å². The molecule has 0 aromatic carbocycles. The van der Waals surface area contributed by atoms with Crippen LogP contribution in [-0.2, 0) is 0 Å². The summed E-state index contributed by atoms with van der Waals surface area (Å²) in [5.74, 6) is 0.842. The fourth-order valence-electron chi connectivity index (χ4n) is 3.16. The molecule has 0 radical (unpaired) electrons. The van der Waals surface area contributed by atoms with Crippen LogP contribution in [0.1, 0.15) is 6.42 Å². The Kier molecular flexibility index (Phi) is 4.79. The first kappa shape index (κ1) is 13.3. The molecule has 0 aromatic rings. The molecule has 2 heterocycles. The van der Waals surface area contributed by atoms with Crippen LogP contribution in [0.4, 0.5) is 0 Å². The van der Waals surface area contributed by atoms with E-state index in [1.165, 1.54) is 52.2 Å². The van der Waals surface area contributed by atoms with E-state index >= 15 is 0 Å². The molecule has 0 saturated carbocycles. The van der Waals surface area contributed by atoms with E-state index in [1.54, 1.807) is 0 Å². The summed E-state index contributed by atoms with van der Waals surface area (Å²) in [4.78, 5) is 7.49. The van der Waals surface area contributed by atoms with Crippen LogP contribution < -0.4 is 5.32 Å². The smallest absolute Gasteiger partial charge is 0.0262 e. The Hall–Kier alpha value is -0.160. The first-order chi connectivity index (χ1) is 8.16. The van der Waals surface area contributed by atoms with Crippen LogP contribution in [-0.4, -0.2) is 87.7 Å². The molecule has 17 heavy (non-hydrogen) atoms. The van der Waals surface area contributed by atoms with Gasteiger partial charge in [-0.25, -0.2) is 0 Å². The van der Waals surface area contributed by atoms with Gasteiger partial charge in [-0.15, -0.1) is 0 Å². The highest BCUT2D eigenvalue weighted by atomic mass is 15.3. The minimum Gasteiger partial charge on any atom is -0.315 e. The number of likely N-dealkylation sites (N-methyl/N-ethyl adjacent to an activating group) is 1. The minimum atomic E-state index is 0.750. The highest BCUT2D eigenvalue weighted by molar-refractivity contribution is 4.88. The molecule has 2 aliphatic rings. The average Bonchev–Trinajstić information content (AvgIpc) is 2.30. The monoisotopic (exact) mass is 240 g/mol. The van der Waals surface area contributed by atoms with Gasteiger partial charge in [-0.3, -0.25) is 4.90 Å². The molecule has 2 fully saturated rings. The highest BCUT2D eigenvalue weighted by Gasteiger charge is 2.31. The Morgan fingerprint density at radius 2 is 1.88 bits per heavy atom. The Morgan fingerprint density at radius 3 is 2.53 bits per heavy atom. The van der Waals surface area contributed by atoms with Crippen molar-refractivity contribution in [3.05, 3.63) is 0 Å². The summed E-state index contributed by atoms with van der Waals surface area (Å²) in [5.41, 5.74) is 0. The Bertz CT molecular complexity index is 223. The van der Waals surface area contributed by atoms with Gasteiger partial charge < -0.3 is 15.1 Å². The third-order valence-corrected chi connectivity index (χ3v) is 4.20. The van der Waals surface area contributed by atoms with Crippen LogP contribution >= 0.6 is 0 Å². The summed E-state index contributed by atoms with van der Waals surface area (Å²) in [5, 5.41) is 3.57. The van der Waals surface area contributed by atoms with E-state index in [9.17, 15) is 0 Å². The summed E-state index contributed by atoms with van der Waals surface area (Å²) in [6.07, 6.45) is 1.33. The van der Waals surface area contributed by atoms with E-state index in [1.807, 2.05) is 0 Å². The second-order valence-electron chi connectivity index (χ2n) is 5.92. The Labute approximate surface area is 106 Å². The van der Waals surface area contributed by atoms with Gasteiger partial charge in [-0.2, -0.15) is 0 Å². The third kappa shape index (κ3) is 3.65. The number of hydrogen-bond acceptors (Lipinski definition) is 4. The zero-order valence-corrected chi connectivity index (χ0v) is 11.7. The molecule has 2 rings (SSSR count). The van der Waals surface area contributed by atoms with Crippen molar-refractivity contribution in [3.63, 3.8) is 0 Å². The van der Waals surface area contributed by atoms with Crippen molar-refractivity contribution >= 4 is 0 Å². The van der Waals surface area contributed by atoms with Gasteiger partial charge >= 0.3 is 0 Å². The molecule has 4 nitrogen and oxygen atoms in total. The number of piperidine rings is 1. The van der Waals surface area contributed by atoms with E-state index in [0.29, 0.717) is 0 Å². The van der Waals surface area contributed by atoms with Gasteiger partial charge in [-0.1, -0.05) is 0 Å². The quantitative estimate of drug-likeness (QED) is 0.736. The lowest BCUT2D eigenvalue weighted by Gasteiger charge is -2.44. The van der Waals surface area contributed by atoms with Gasteiger partial charge in [-0.05, 0) is 40.0 Å². The van der Waals surface area contributed by atoms with Gasteiger partial charge in [0.2, 0.25) is 0 Å². The topological polar surface area (TPSA) is 21.8 Å². The standard InChI is InChI=1S/C13H28N4/c1-15(2)11-12-4-5-14-10-13(12)17-8-6-16(3)7-9-17/h12-14H,4-11H2,1-3H3. The number of piperazine rings is 1. The van der Waals surface area contributed by atoms with Crippen molar-refractivity contribution in [1.82, 2.24) is 20.0 Å². The highest BCUT2D eigenvalue weighted by Crippen LogP contribution is 2.20. The van der Waals surface area contributed by atoms with Gasteiger partial charge in [0.25, 0.3) is 0 Å². The summed E-state index contributed by atoms with van der Waals surface area (Å²) < 4.78 is 0. The lowest BCUT2D eigenvalue weighted by molar-refractivity contribution is 0.0565. The average molecular weight is 240 g/mol. The Balaban J connectivity index is 1.91. The van der Waals surface area contributed by atoms with Crippen LogP contribution in [0.25, 0.3) is 0 Å².